The molecule has 0 aliphatic heterocycles. The number of aromatic nitrogens is 2. The van der Waals surface area contributed by atoms with Gasteiger partial charge >= 0.3 is 5.97 Å². The lowest BCUT2D eigenvalue weighted by molar-refractivity contribution is -0.133. The van der Waals surface area contributed by atoms with Gasteiger partial charge in [-0.3, -0.25) is 14.2 Å². The van der Waals surface area contributed by atoms with Gasteiger partial charge in [-0.05, 0) is 17.7 Å². The zero-order valence-corrected chi connectivity index (χ0v) is 16.3. The molecule has 0 bridgehead atoms. The minimum atomic E-state index is -1.10. The predicted octanol–water partition coefficient (Wildman–Crippen LogP) is 4.57. The maximum absolute atomic E-state index is 13.8. The number of carbonyl (C=O) groups is 1. The first-order valence-electron chi connectivity index (χ1n) is 8.35. The summed E-state index contributed by atoms with van der Waals surface area (Å²) in [7, 11) is 0. The van der Waals surface area contributed by atoms with E-state index in [-0.39, 0.29) is 16.6 Å². The van der Waals surface area contributed by atoms with Gasteiger partial charge < -0.3 is 5.11 Å². The standard InChI is InChI=1S/C20H12F2N2O3S2/c21-12-6-13(22)8-14(7-12)24-19(27)17-15(11-4-2-1-3-5-11)9-28-18(17)23-20(24)29-10-16(25)26/h1-9H,10H2,(H,25,26). The first-order chi connectivity index (χ1) is 13.9. The van der Waals surface area contributed by atoms with Crippen LogP contribution in [0.25, 0.3) is 27.0 Å². The molecule has 0 amide bonds. The fourth-order valence-electron chi connectivity index (χ4n) is 2.92. The fourth-order valence-corrected chi connectivity index (χ4v) is 4.64. The minimum absolute atomic E-state index is 0.0522. The van der Waals surface area contributed by atoms with E-state index in [1.807, 2.05) is 30.3 Å². The number of nitrogens with zero attached hydrogens (tertiary/aromatic N) is 2. The molecule has 0 atom stereocenters. The summed E-state index contributed by atoms with van der Waals surface area (Å²) in [6.07, 6.45) is 0. The van der Waals surface area contributed by atoms with Crippen molar-refractivity contribution >= 4 is 39.3 Å². The molecule has 0 saturated heterocycles. The van der Waals surface area contributed by atoms with Crippen LogP contribution in [0.2, 0.25) is 0 Å². The van der Waals surface area contributed by atoms with Gasteiger partial charge in [0.2, 0.25) is 0 Å². The average molecular weight is 430 g/mol. The second-order valence-corrected chi connectivity index (χ2v) is 7.84. The lowest BCUT2D eigenvalue weighted by Gasteiger charge is -2.12. The number of thiophene rings is 1. The van der Waals surface area contributed by atoms with Crippen LogP contribution in [0.5, 0.6) is 0 Å². The van der Waals surface area contributed by atoms with Crippen molar-refractivity contribution in [2.24, 2.45) is 0 Å². The Hall–Kier alpha value is -3.04. The van der Waals surface area contributed by atoms with E-state index in [9.17, 15) is 18.4 Å². The van der Waals surface area contributed by atoms with Crippen LogP contribution in [-0.2, 0) is 4.79 Å². The van der Waals surface area contributed by atoms with Crippen molar-refractivity contribution in [3.05, 3.63) is 75.9 Å². The first-order valence-corrected chi connectivity index (χ1v) is 10.2. The molecule has 1 N–H and O–H groups in total. The van der Waals surface area contributed by atoms with Gasteiger partial charge in [0.05, 0.1) is 16.8 Å². The van der Waals surface area contributed by atoms with Gasteiger partial charge in [0.25, 0.3) is 5.56 Å². The Bertz CT molecular complexity index is 1270. The zero-order valence-electron chi connectivity index (χ0n) is 14.6. The van der Waals surface area contributed by atoms with Gasteiger partial charge in [-0.15, -0.1) is 11.3 Å². The third-order valence-electron chi connectivity index (χ3n) is 4.09. The summed E-state index contributed by atoms with van der Waals surface area (Å²) in [6, 6.07) is 11.9. The Kier molecular flexibility index (Phi) is 5.16. The Morgan fingerprint density at radius 3 is 2.48 bits per heavy atom. The molecule has 0 radical (unpaired) electrons. The molecular weight excluding hydrogens is 418 g/mol. The van der Waals surface area contributed by atoms with Crippen LogP contribution in [0.15, 0.2) is 63.9 Å². The third-order valence-corrected chi connectivity index (χ3v) is 5.89. The highest BCUT2D eigenvalue weighted by Gasteiger charge is 2.20. The Balaban J connectivity index is 2.02. The van der Waals surface area contributed by atoms with E-state index in [2.05, 4.69) is 4.98 Å². The highest BCUT2D eigenvalue weighted by Crippen LogP contribution is 2.33. The van der Waals surface area contributed by atoms with Crippen molar-refractivity contribution in [2.75, 3.05) is 5.75 Å². The van der Waals surface area contributed by atoms with E-state index < -0.39 is 23.2 Å². The van der Waals surface area contributed by atoms with Crippen LogP contribution in [0, 0.1) is 11.6 Å². The molecule has 0 fully saturated rings. The number of aliphatic carboxylic acids is 1. The highest BCUT2D eigenvalue weighted by atomic mass is 32.2. The molecule has 2 aromatic carbocycles. The first kappa shape index (κ1) is 19.3. The van der Waals surface area contributed by atoms with Crippen LogP contribution in [-0.4, -0.2) is 26.4 Å². The molecule has 0 saturated carbocycles. The molecule has 5 nitrogen and oxygen atoms in total. The summed E-state index contributed by atoms with van der Waals surface area (Å²) in [4.78, 5) is 29.3. The largest absolute Gasteiger partial charge is 0.481 e. The molecule has 0 aliphatic carbocycles. The molecule has 0 aliphatic rings. The highest BCUT2D eigenvalue weighted by molar-refractivity contribution is 7.99. The normalized spacial score (nSPS) is 11.1. The monoisotopic (exact) mass is 430 g/mol. The van der Waals surface area contributed by atoms with E-state index >= 15 is 0 Å². The van der Waals surface area contributed by atoms with Crippen LogP contribution in [0.3, 0.4) is 0 Å². The van der Waals surface area contributed by atoms with Gasteiger partial charge in [0.1, 0.15) is 16.5 Å². The molecule has 4 aromatic rings. The number of carboxylic acids is 1. The molecule has 9 heteroatoms. The number of fused-ring (bicyclic) bond motifs is 1. The summed E-state index contributed by atoms with van der Waals surface area (Å²) in [5, 5.41) is 11.2. The van der Waals surface area contributed by atoms with Crippen molar-refractivity contribution < 1.29 is 18.7 Å². The second-order valence-electron chi connectivity index (χ2n) is 6.04. The topological polar surface area (TPSA) is 72.2 Å². The fraction of sp³-hybridized carbons (Fsp3) is 0.0500. The number of hydrogen-bond acceptors (Lipinski definition) is 5. The molecule has 0 unspecified atom stereocenters. The number of halogens is 2. The molecular formula is C20H12F2N2O3S2. The summed E-state index contributed by atoms with van der Waals surface area (Å²) >= 11 is 2.06. The smallest absolute Gasteiger partial charge is 0.313 e. The molecule has 0 spiro atoms. The van der Waals surface area contributed by atoms with Crippen molar-refractivity contribution in [3.63, 3.8) is 0 Å². The number of hydrogen-bond donors (Lipinski definition) is 1. The van der Waals surface area contributed by atoms with E-state index in [1.165, 1.54) is 11.3 Å². The average Bonchev–Trinajstić information content (AvgIpc) is 3.10. The minimum Gasteiger partial charge on any atom is -0.481 e. The molecule has 2 aromatic heterocycles. The SMILES string of the molecule is O=C(O)CSc1nc2scc(-c3ccccc3)c2c(=O)n1-c1cc(F)cc(F)c1. The van der Waals surface area contributed by atoms with Gasteiger partial charge in [-0.2, -0.15) is 0 Å². The van der Waals surface area contributed by atoms with Gasteiger partial charge in [0, 0.05) is 17.0 Å². The summed E-state index contributed by atoms with van der Waals surface area (Å²) in [6.45, 7) is 0. The van der Waals surface area contributed by atoms with Gasteiger partial charge in [0.15, 0.2) is 5.16 Å². The van der Waals surface area contributed by atoms with Crippen molar-refractivity contribution in [2.45, 2.75) is 5.16 Å². The molecule has 29 heavy (non-hydrogen) atoms. The number of benzene rings is 2. The van der Waals surface area contributed by atoms with Gasteiger partial charge in [-0.25, -0.2) is 13.8 Å². The third kappa shape index (κ3) is 3.79. The Morgan fingerprint density at radius 2 is 1.83 bits per heavy atom. The number of carboxylic acid groups (broad SMARTS) is 1. The lowest BCUT2D eigenvalue weighted by Crippen LogP contribution is -2.22. The van der Waals surface area contributed by atoms with Crippen LogP contribution >= 0.6 is 23.1 Å². The van der Waals surface area contributed by atoms with E-state index in [4.69, 9.17) is 5.11 Å². The number of rotatable bonds is 5. The van der Waals surface area contributed by atoms with E-state index in [0.29, 0.717) is 21.8 Å². The summed E-state index contributed by atoms with van der Waals surface area (Å²) < 4.78 is 28.7. The quantitative estimate of drug-likeness (QED) is 0.371. The lowest BCUT2D eigenvalue weighted by atomic mass is 10.1. The van der Waals surface area contributed by atoms with Gasteiger partial charge in [-0.1, -0.05) is 42.1 Å². The van der Waals surface area contributed by atoms with E-state index in [0.717, 1.165) is 34.0 Å². The maximum atomic E-state index is 13.8. The maximum Gasteiger partial charge on any atom is 0.313 e. The zero-order chi connectivity index (χ0) is 20.5. The molecule has 146 valence electrons. The van der Waals surface area contributed by atoms with Crippen molar-refractivity contribution in [1.29, 1.82) is 0 Å². The molecule has 2 heterocycles. The van der Waals surface area contributed by atoms with Crippen molar-refractivity contribution in [1.82, 2.24) is 9.55 Å². The van der Waals surface area contributed by atoms with E-state index in [1.54, 1.807) is 5.38 Å². The Labute approximate surface area is 171 Å². The van der Waals surface area contributed by atoms with Crippen LogP contribution < -0.4 is 5.56 Å². The Morgan fingerprint density at radius 1 is 1.14 bits per heavy atom. The van der Waals surface area contributed by atoms with Crippen LogP contribution in [0.4, 0.5) is 8.78 Å². The predicted molar refractivity (Wildman–Crippen MR) is 109 cm³/mol. The molecule has 4 rings (SSSR count). The van der Waals surface area contributed by atoms with Crippen LogP contribution in [0.1, 0.15) is 0 Å². The summed E-state index contributed by atoms with van der Waals surface area (Å²) in [5.41, 5.74) is 0.886. The number of thioether (sulfide) groups is 1. The second kappa shape index (κ2) is 7.76. The summed E-state index contributed by atoms with van der Waals surface area (Å²) in [5.74, 6) is -3.16. The van der Waals surface area contributed by atoms with Crippen molar-refractivity contribution in [3.8, 4) is 16.8 Å².